The minimum absolute atomic E-state index is 0.0741. The van der Waals surface area contributed by atoms with E-state index in [2.05, 4.69) is 10.7 Å². The maximum absolute atomic E-state index is 12.0. The summed E-state index contributed by atoms with van der Waals surface area (Å²) in [6, 6.07) is 18.3. The fraction of sp³-hybridized carbons (Fsp3) is 0.118. The number of hydrogen-bond donors (Lipinski definition) is 2. The van der Waals surface area contributed by atoms with Gasteiger partial charge >= 0.3 is 0 Å². The van der Waals surface area contributed by atoms with Gasteiger partial charge in [0.1, 0.15) is 0 Å². The van der Waals surface area contributed by atoms with E-state index < -0.39 is 0 Å². The summed E-state index contributed by atoms with van der Waals surface area (Å²) in [6.07, 6.45) is 0.216. The van der Waals surface area contributed by atoms with Crippen molar-refractivity contribution in [3.63, 3.8) is 0 Å². The van der Waals surface area contributed by atoms with Gasteiger partial charge in [0.2, 0.25) is 11.8 Å². The molecule has 0 aromatic heterocycles. The highest BCUT2D eigenvalue weighted by molar-refractivity contribution is 7.80. The molecule has 0 unspecified atom stereocenters. The molecule has 0 aliphatic heterocycles. The molecule has 0 saturated heterocycles. The van der Waals surface area contributed by atoms with Crippen molar-refractivity contribution in [1.82, 2.24) is 10.7 Å². The molecule has 23 heavy (non-hydrogen) atoms. The number of nitrogens with zero attached hydrogens (tertiary/aromatic N) is 1. The number of anilines is 1. The van der Waals surface area contributed by atoms with Crippen molar-refractivity contribution in [2.24, 2.45) is 0 Å². The lowest BCUT2D eigenvalue weighted by molar-refractivity contribution is -0.119. The van der Waals surface area contributed by atoms with Gasteiger partial charge in [0.05, 0.1) is 12.1 Å². The lowest BCUT2D eigenvalue weighted by Crippen LogP contribution is -2.51. The average molecular weight is 327 g/mol. The molecule has 0 heterocycles. The van der Waals surface area contributed by atoms with Gasteiger partial charge in [-0.1, -0.05) is 48.5 Å². The summed E-state index contributed by atoms with van der Waals surface area (Å²) < 4.78 is 0. The maximum Gasteiger partial charge on any atom is 0.242 e. The van der Waals surface area contributed by atoms with Crippen molar-refractivity contribution >= 4 is 34.8 Å². The summed E-state index contributed by atoms with van der Waals surface area (Å²) in [7, 11) is 0. The Morgan fingerprint density at radius 2 is 1.57 bits per heavy atom. The first-order valence-corrected chi connectivity index (χ1v) is 7.47. The van der Waals surface area contributed by atoms with E-state index in [0.29, 0.717) is 5.69 Å². The van der Waals surface area contributed by atoms with Gasteiger partial charge in [-0.3, -0.25) is 15.0 Å². The number of carbonyl (C=O) groups excluding carboxylic acids is 2. The first-order valence-electron chi connectivity index (χ1n) is 7.06. The molecule has 0 saturated carbocycles. The molecule has 2 aromatic carbocycles. The molecule has 2 rings (SSSR count). The molecule has 0 spiro atoms. The lowest BCUT2D eigenvalue weighted by atomic mass is 10.1. The molecule has 6 heteroatoms. The zero-order valence-electron chi connectivity index (χ0n) is 12.7. The van der Waals surface area contributed by atoms with Crippen molar-refractivity contribution in [2.75, 3.05) is 5.01 Å². The Bertz CT molecular complexity index is 689. The Hall–Kier alpha value is -2.73. The largest absolute Gasteiger partial charge is 0.302 e. The number of para-hydroxylation sites is 1. The van der Waals surface area contributed by atoms with Crippen molar-refractivity contribution in [3.8, 4) is 0 Å². The standard InChI is InChI=1S/C17H17N3O2S/c1-13(21)20(15-10-6-3-7-11-15)19-17(23)18-16(22)12-14-8-4-2-5-9-14/h2-11H,12H2,1H3,(H2,18,19,22,23). The van der Waals surface area contributed by atoms with Gasteiger partial charge in [-0.05, 0) is 29.9 Å². The van der Waals surface area contributed by atoms with Gasteiger partial charge in [0.25, 0.3) is 0 Å². The monoisotopic (exact) mass is 327 g/mol. The van der Waals surface area contributed by atoms with E-state index in [1.165, 1.54) is 11.9 Å². The van der Waals surface area contributed by atoms with Gasteiger partial charge in [-0.25, -0.2) is 5.01 Å². The van der Waals surface area contributed by atoms with Crippen LogP contribution in [-0.4, -0.2) is 16.9 Å². The molecule has 0 radical (unpaired) electrons. The Balaban J connectivity index is 1.94. The summed E-state index contributed by atoms with van der Waals surface area (Å²) in [5.74, 6) is -0.485. The number of hydrogen-bond acceptors (Lipinski definition) is 3. The van der Waals surface area contributed by atoms with Crippen LogP contribution in [0.4, 0.5) is 5.69 Å². The molecular weight excluding hydrogens is 310 g/mol. The molecule has 0 aliphatic rings. The molecule has 0 fully saturated rings. The predicted octanol–water partition coefficient (Wildman–Crippen LogP) is 2.19. The van der Waals surface area contributed by atoms with Crippen LogP contribution < -0.4 is 15.8 Å². The van der Waals surface area contributed by atoms with Crippen LogP contribution in [0, 0.1) is 0 Å². The summed E-state index contributed by atoms with van der Waals surface area (Å²) in [5.41, 5.74) is 4.26. The number of thiocarbonyl (C=S) groups is 1. The highest BCUT2D eigenvalue weighted by Crippen LogP contribution is 2.10. The molecule has 2 amide bonds. The average Bonchev–Trinajstić information content (AvgIpc) is 2.54. The molecule has 2 aromatic rings. The summed E-state index contributed by atoms with van der Waals surface area (Å²) in [4.78, 5) is 23.7. The van der Waals surface area contributed by atoms with Crippen LogP contribution >= 0.6 is 12.2 Å². The Labute approximate surface area is 140 Å². The number of nitrogens with one attached hydrogen (secondary N) is 2. The minimum Gasteiger partial charge on any atom is -0.302 e. The number of hydrazine groups is 1. The van der Waals surface area contributed by atoms with Crippen LogP contribution in [0.15, 0.2) is 60.7 Å². The zero-order valence-corrected chi connectivity index (χ0v) is 13.5. The minimum atomic E-state index is -0.245. The van der Waals surface area contributed by atoms with Gasteiger partial charge in [-0.15, -0.1) is 0 Å². The maximum atomic E-state index is 12.0. The van der Waals surface area contributed by atoms with Gasteiger partial charge in [-0.2, -0.15) is 0 Å². The molecule has 0 aliphatic carbocycles. The second-order valence-electron chi connectivity index (χ2n) is 4.84. The van der Waals surface area contributed by atoms with Gasteiger partial charge in [0, 0.05) is 6.92 Å². The first-order chi connectivity index (χ1) is 11.1. The van der Waals surface area contributed by atoms with Crippen LogP contribution in [0.1, 0.15) is 12.5 Å². The van der Waals surface area contributed by atoms with Gasteiger partial charge in [0.15, 0.2) is 5.11 Å². The van der Waals surface area contributed by atoms with E-state index in [4.69, 9.17) is 12.2 Å². The normalized spacial score (nSPS) is 9.78. The molecular formula is C17H17N3O2S. The Morgan fingerprint density at radius 3 is 2.13 bits per heavy atom. The molecule has 5 nitrogen and oxygen atoms in total. The SMILES string of the molecule is CC(=O)N(NC(=S)NC(=O)Cc1ccccc1)c1ccccc1. The van der Waals surface area contributed by atoms with Crippen LogP contribution in [0.3, 0.4) is 0 Å². The van der Waals surface area contributed by atoms with Crippen molar-refractivity contribution in [1.29, 1.82) is 0 Å². The van der Waals surface area contributed by atoms with E-state index in [1.54, 1.807) is 12.1 Å². The first kappa shape index (κ1) is 16.6. The van der Waals surface area contributed by atoms with E-state index in [1.807, 2.05) is 48.5 Å². The Kier molecular flexibility index (Phi) is 5.82. The fourth-order valence-electron chi connectivity index (χ4n) is 1.98. The quantitative estimate of drug-likeness (QED) is 0.670. The van der Waals surface area contributed by atoms with Crippen molar-refractivity contribution in [3.05, 3.63) is 66.2 Å². The van der Waals surface area contributed by atoms with Crippen LogP contribution in [-0.2, 0) is 16.0 Å². The van der Waals surface area contributed by atoms with Crippen molar-refractivity contribution in [2.45, 2.75) is 13.3 Å². The topological polar surface area (TPSA) is 61.4 Å². The summed E-state index contributed by atoms with van der Waals surface area (Å²) in [6.45, 7) is 1.41. The Morgan fingerprint density at radius 1 is 1.00 bits per heavy atom. The number of carbonyl (C=O) groups is 2. The van der Waals surface area contributed by atoms with Crippen molar-refractivity contribution < 1.29 is 9.59 Å². The smallest absolute Gasteiger partial charge is 0.242 e. The zero-order chi connectivity index (χ0) is 16.7. The van der Waals surface area contributed by atoms with Gasteiger partial charge < -0.3 is 5.32 Å². The molecule has 2 N–H and O–H groups in total. The second-order valence-corrected chi connectivity index (χ2v) is 5.25. The van der Waals surface area contributed by atoms with Crippen LogP contribution in [0.5, 0.6) is 0 Å². The second kappa shape index (κ2) is 8.05. The third-order valence-electron chi connectivity index (χ3n) is 3.00. The lowest BCUT2D eigenvalue weighted by Gasteiger charge is -2.23. The predicted molar refractivity (Wildman–Crippen MR) is 93.6 cm³/mol. The highest BCUT2D eigenvalue weighted by atomic mass is 32.1. The fourth-order valence-corrected chi connectivity index (χ4v) is 2.19. The molecule has 118 valence electrons. The third-order valence-corrected chi connectivity index (χ3v) is 3.20. The van der Waals surface area contributed by atoms with Crippen LogP contribution in [0.2, 0.25) is 0 Å². The number of amides is 2. The van der Waals surface area contributed by atoms with E-state index in [0.717, 1.165) is 5.56 Å². The molecule has 0 bridgehead atoms. The van der Waals surface area contributed by atoms with Crippen LogP contribution in [0.25, 0.3) is 0 Å². The molecule has 0 atom stereocenters. The number of rotatable bonds is 3. The highest BCUT2D eigenvalue weighted by Gasteiger charge is 2.14. The summed E-state index contributed by atoms with van der Waals surface area (Å²) >= 11 is 5.11. The number of benzene rings is 2. The third kappa shape index (κ3) is 5.19. The van der Waals surface area contributed by atoms with E-state index in [9.17, 15) is 9.59 Å². The summed E-state index contributed by atoms with van der Waals surface area (Å²) in [5, 5.41) is 3.93. The van der Waals surface area contributed by atoms with E-state index >= 15 is 0 Å². The van der Waals surface area contributed by atoms with E-state index in [-0.39, 0.29) is 23.3 Å².